The van der Waals surface area contributed by atoms with Crippen LogP contribution in [0.2, 0.25) is 5.02 Å². The minimum Gasteiger partial charge on any atom is -0.485 e. The van der Waals surface area contributed by atoms with Crippen LogP contribution in [0.4, 0.5) is 0 Å². The molecule has 1 aromatic rings. The molecule has 0 amide bonds. The minimum atomic E-state index is -0.320. The summed E-state index contributed by atoms with van der Waals surface area (Å²) in [5.41, 5.74) is 0.320. The molecule has 1 saturated heterocycles. The van der Waals surface area contributed by atoms with Crippen LogP contribution in [-0.2, 0) is 0 Å². The average molecular weight is 292 g/mol. The Kier molecular flexibility index (Phi) is 2.67. The van der Waals surface area contributed by atoms with Crippen LogP contribution in [0, 0.1) is 0 Å². The number of ether oxygens (including phenoxy) is 1. The van der Waals surface area contributed by atoms with Crippen molar-refractivity contribution < 1.29 is 9.53 Å². The molecule has 2 atom stereocenters. The first-order valence-electron chi connectivity index (χ1n) is 7.34. The van der Waals surface area contributed by atoms with E-state index in [0.29, 0.717) is 28.8 Å². The lowest BCUT2D eigenvalue weighted by Gasteiger charge is -2.35. The van der Waals surface area contributed by atoms with Crippen LogP contribution in [0.5, 0.6) is 5.75 Å². The Morgan fingerprint density at radius 2 is 2.20 bits per heavy atom. The Hall–Kier alpha value is -1.06. The van der Waals surface area contributed by atoms with E-state index in [-0.39, 0.29) is 11.4 Å². The van der Waals surface area contributed by atoms with Crippen molar-refractivity contribution in [3.05, 3.63) is 28.8 Å². The highest BCUT2D eigenvalue weighted by Crippen LogP contribution is 2.44. The van der Waals surface area contributed by atoms with E-state index < -0.39 is 0 Å². The molecule has 0 N–H and O–H groups in total. The van der Waals surface area contributed by atoms with Gasteiger partial charge < -0.3 is 4.74 Å². The van der Waals surface area contributed by atoms with Crippen LogP contribution >= 0.6 is 11.6 Å². The molecular weight excluding hydrogens is 274 g/mol. The standard InChI is InChI=1S/C16H18ClNO2/c1-10-7-16(9-18(10)12-3-4-12)8-14(19)13-6-11(17)2-5-15(13)20-16/h2,5-6,10,12H,3-4,7-9H2,1H3. The number of ketones is 1. The molecule has 0 bridgehead atoms. The number of carbonyl (C=O) groups excluding carboxylic acids is 1. The lowest BCUT2D eigenvalue weighted by Crippen LogP contribution is -2.44. The number of benzene rings is 1. The van der Waals surface area contributed by atoms with Crippen molar-refractivity contribution in [1.82, 2.24) is 4.90 Å². The largest absolute Gasteiger partial charge is 0.485 e. The van der Waals surface area contributed by atoms with E-state index in [1.165, 1.54) is 12.8 Å². The predicted octanol–water partition coefficient (Wildman–Crippen LogP) is 3.30. The molecule has 2 heterocycles. The first-order valence-corrected chi connectivity index (χ1v) is 7.72. The Labute approximate surface area is 123 Å². The molecule has 4 rings (SSSR count). The monoisotopic (exact) mass is 291 g/mol. The second-order valence-electron chi connectivity index (χ2n) is 6.48. The zero-order valence-electron chi connectivity index (χ0n) is 11.6. The van der Waals surface area contributed by atoms with Crippen LogP contribution in [0.25, 0.3) is 0 Å². The zero-order valence-corrected chi connectivity index (χ0v) is 12.3. The Bertz CT molecular complexity index is 584. The Morgan fingerprint density at radius 1 is 1.40 bits per heavy atom. The van der Waals surface area contributed by atoms with Crippen LogP contribution in [0.15, 0.2) is 18.2 Å². The van der Waals surface area contributed by atoms with Crippen LogP contribution < -0.4 is 4.74 Å². The number of likely N-dealkylation sites (tertiary alicyclic amines) is 1. The summed E-state index contributed by atoms with van der Waals surface area (Å²) in [6, 6.07) is 6.58. The molecule has 1 spiro atoms. The van der Waals surface area contributed by atoms with Crippen molar-refractivity contribution in [3.63, 3.8) is 0 Å². The maximum atomic E-state index is 12.4. The fourth-order valence-corrected chi connectivity index (χ4v) is 3.94. The minimum absolute atomic E-state index is 0.165. The summed E-state index contributed by atoms with van der Waals surface area (Å²) in [5.74, 6) is 0.870. The molecular formula is C16H18ClNO2. The number of nitrogens with zero attached hydrogens (tertiary/aromatic N) is 1. The molecule has 1 aliphatic carbocycles. The van der Waals surface area contributed by atoms with Gasteiger partial charge in [-0.1, -0.05) is 11.6 Å². The van der Waals surface area contributed by atoms with Crippen molar-refractivity contribution in [2.24, 2.45) is 0 Å². The topological polar surface area (TPSA) is 29.5 Å². The smallest absolute Gasteiger partial charge is 0.170 e. The van der Waals surface area contributed by atoms with Crippen molar-refractivity contribution in [2.45, 2.75) is 50.3 Å². The molecule has 2 unspecified atom stereocenters. The fourth-order valence-electron chi connectivity index (χ4n) is 3.77. The van der Waals surface area contributed by atoms with E-state index in [1.807, 2.05) is 6.07 Å². The number of Topliss-reactive ketones (excluding diaryl/α,β-unsaturated/α-hetero) is 1. The summed E-state index contributed by atoms with van der Waals surface area (Å²) in [6.45, 7) is 3.13. The predicted molar refractivity (Wildman–Crippen MR) is 77.6 cm³/mol. The highest BCUT2D eigenvalue weighted by Gasteiger charge is 2.51. The third kappa shape index (κ3) is 1.95. The van der Waals surface area contributed by atoms with Gasteiger partial charge in [-0.2, -0.15) is 0 Å². The zero-order chi connectivity index (χ0) is 13.9. The second-order valence-corrected chi connectivity index (χ2v) is 6.92. The molecule has 1 aromatic carbocycles. The van der Waals surface area contributed by atoms with Gasteiger partial charge in [0.25, 0.3) is 0 Å². The van der Waals surface area contributed by atoms with E-state index in [4.69, 9.17) is 16.3 Å². The SMILES string of the molecule is CC1CC2(CC(=O)c3cc(Cl)ccc3O2)CN1C1CC1. The van der Waals surface area contributed by atoms with E-state index in [1.54, 1.807) is 12.1 Å². The first kappa shape index (κ1) is 12.7. The number of carbonyl (C=O) groups is 1. The normalized spacial score (nSPS) is 33.3. The van der Waals surface area contributed by atoms with E-state index in [9.17, 15) is 4.79 Å². The third-order valence-corrected chi connectivity index (χ3v) is 5.01. The highest BCUT2D eigenvalue weighted by molar-refractivity contribution is 6.31. The van der Waals surface area contributed by atoms with Crippen LogP contribution in [-0.4, -0.2) is 34.9 Å². The van der Waals surface area contributed by atoms with E-state index in [2.05, 4.69) is 11.8 Å². The van der Waals surface area contributed by atoms with Crippen molar-refractivity contribution in [2.75, 3.05) is 6.54 Å². The van der Waals surface area contributed by atoms with E-state index in [0.717, 1.165) is 19.0 Å². The molecule has 1 saturated carbocycles. The van der Waals surface area contributed by atoms with Gasteiger partial charge in [0.05, 0.1) is 12.0 Å². The number of hydrogen-bond acceptors (Lipinski definition) is 3. The van der Waals surface area contributed by atoms with Crippen LogP contribution in [0.3, 0.4) is 0 Å². The summed E-state index contributed by atoms with van der Waals surface area (Å²) < 4.78 is 6.26. The summed E-state index contributed by atoms with van der Waals surface area (Å²) in [6.07, 6.45) is 4.01. The quantitative estimate of drug-likeness (QED) is 0.795. The summed E-state index contributed by atoms with van der Waals surface area (Å²) in [5, 5.41) is 0.594. The molecule has 2 fully saturated rings. The van der Waals surface area contributed by atoms with Gasteiger partial charge in [-0.05, 0) is 38.0 Å². The molecule has 0 aromatic heterocycles. The maximum Gasteiger partial charge on any atom is 0.170 e. The lowest BCUT2D eigenvalue weighted by molar-refractivity contribution is 0.0454. The average Bonchev–Trinajstić information content (AvgIpc) is 3.17. The van der Waals surface area contributed by atoms with Crippen molar-refractivity contribution in [3.8, 4) is 5.75 Å². The van der Waals surface area contributed by atoms with Crippen LogP contribution in [0.1, 0.15) is 43.0 Å². The molecule has 106 valence electrons. The van der Waals surface area contributed by atoms with Gasteiger partial charge in [-0.15, -0.1) is 0 Å². The van der Waals surface area contributed by atoms with Gasteiger partial charge in [0.1, 0.15) is 11.4 Å². The number of hydrogen-bond donors (Lipinski definition) is 0. The summed E-state index contributed by atoms with van der Waals surface area (Å²) >= 11 is 5.97. The van der Waals surface area contributed by atoms with Gasteiger partial charge in [0.2, 0.25) is 0 Å². The number of rotatable bonds is 1. The van der Waals surface area contributed by atoms with Gasteiger partial charge in [0, 0.05) is 30.1 Å². The highest BCUT2D eigenvalue weighted by atomic mass is 35.5. The second kappa shape index (κ2) is 4.22. The summed E-state index contributed by atoms with van der Waals surface area (Å²) in [4.78, 5) is 15.0. The maximum absolute atomic E-state index is 12.4. The molecule has 3 aliphatic rings. The number of fused-ring (bicyclic) bond motifs is 1. The van der Waals surface area contributed by atoms with Gasteiger partial charge >= 0.3 is 0 Å². The Balaban J connectivity index is 1.66. The van der Waals surface area contributed by atoms with Crippen molar-refractivity contribution >= 4 is 17.4 Å². The lowest BCUT2D eigenvalue weighted by atomic mass is 9.88. The fraction of sp³-hybridized carbons (Fsp3) is 0.562. The van der Waals surface area contributed by atoms with E-state index >= 15 is 0 Å². The van der Waals surface area contributed by atoms with Gasteiger partial charge in [0.15, 0.2) is 5.78 Å². The summed E-state index contributed by atoms with van der Waals surface area (Å²) in [7, 11) is 0. The third-order valence-electron chi connectivity index (χ3n) is 4.77. The molecule has 0 radical (unpaired) electrons. The molecule has 4 heteroatoms. The molecule has 20 heavy (non-hydrogen) atoms. The van der Waals surface area contributed by atoms with Crippen molar-refractivity contribution in [1.29, 1.82) is 0 Å². The molecule has 3 nitrogen and oxygen atoms in total. The Morgan fingerprint density at radius 3 is 2.95 bits per heavy atom. The van der Waals surface area contributed by atoms with Gasteiger partial charge in [-0.25, -0.2) is 0 Å². The van der Waals surface area contributed by atoms with Gasteiger partial charge in [-0.3, -0.25) is 9.69 Å². The molecule has 2 aliphatic heterocycles. The number of halogens is 1. The first-order chi connectivity index (χ1) is 9.56.